The van der Waals surface area contributed by atoms with Crippen LogP contribution in [-0.4, -0.2) is 57.7 Å². The highest BCUT2D eigenvalue weighted by Gasteiger charge is 2.08. The molecule has 0 aliphatic carbocycles. The first-order valence-corrected chi connectivity index (χ1v) is 15.9. The van der Waals surface area contributed by atoms with Gasteiger partial charge < -0.3 is 22.2 Å². The normalized spacial score (nSPS) is 10.4. The molecule has 4 rings (SSSR count). The Kier molecular flexibility index (Phi) is 18.3. The van der Waals surface area contributed by atoms with E-state index in [1.54, 1.807) is 0 Å². The van der Waals surface area contributed by atoms with Crippen molar-refractivity contribution in [2.24, 2.45) is 0 Å². The third kappa shape index (κ3) is 13.6. The van der Waals surface area contributed by atoms with E-state index in [9.17, 15) is 9.59 Å². The lowest BCUT2D eigenvalue weighted by Crippen LogP contribution is -3.05. The van der Waals surface area contributed by atoms with Crippen LogP contribution in [0, 0.1) is 0 Å². The molecule has 0 saturated heterocycles. The Morgan fingerprint density at radius 1 is 0.591 bits per heavy atom. The number of hydrogen-bond donors (Lipinski definition) is 1. The summed E-state index contributed by atoms with van der Waals surface area (Å²) in [7, 11) is 8.27. The molecule has 4 aromatic carbocycles. The van der Waals surface area contributed by atoms with Crippen LogP contribution in [-0.2, 0) is 0 Å². The van der Waals surface area contributed by atoms with Crippen LogP contribution in [0.15, 0.2) is 106 Å². The zero-order chi connectivity index (χ0) is 30.5. The second-order valence-electron chi connectivity index (χ2n) is 11.0. The first-order chi connectivity index (χ1) is 20.1. The van der Waals surface area contributed by atoms with Crippen molar-refractivity contribution in [3.63, 3.8) is 0 Å². The topological polar surface area (TPSA) is 41.8 Å². The summed E-state index contributed by atoms with van der Waals surface area (Å²) in [5.74, 6) is 0.456. The molecule has 0 spiro atoms. The van der Waals surface area contributed by atoms with Gasteiger partial charge in [0.15, 0.2) is 11.6 Å². The van der Waals surface area contributed by atoms with E-state index in [-0.39, 0.29) is 31.4 Å². The Balaban J connectivity index is 0.000000421. The van der Waals surface area contributed by atoms with Crippen molar-refractivity contribution < 1.29 is 26.9 Å². The molecule has 44 heavy (non-hydrogen) atoms. The van der Waals surface area contributed by atoms with Gasteiger partial charge in [-0.3, -0.25) is 9.59 Å². The molecule has 4 nitrogen and oxygen atoms in total. The molecule has 0 fully saturated rings. The third-order valence-electron chi connectivity index (χ3n) is 6.86. The number of ketones is 2. The fraction of sp³-hybridized carbons (Fsp3) is 0.297. The van der Waals surface area contributed by atoms with Gasteiger partial charge in [0.1, 0.15) is 0 Å². The van der Waals surface area contributed by atoms with E-state index in [0.29, 0.717) is 12.8 Å². The van der Waals surface area contributed by atoms with Gasteiger partial charge >= 0.3 is 0 Å². The van der Waals surface area contributed by atoms with Gasteiger partial charge in [0.2, 0.25) is 0 Å². The molecule has 0 aliphatic heterocycles. The second kappa shape index (κ2) is 20.4. The number of halogens is 3. The standard InChI is InChI=1S/2C18H20BrNO.CH4.ClH/c2*1-20(2)13-3-4-18(21)16-7-5-14(6-8-16)15-9-11-17(19)12-10-15;;/h2*5-12H,3-4,13H2,1-2H3;1H4;1H. The lowest BCUT2D eigenvalue weighted by Gasteiger charge is -2.08. The largest absolute Gasteiger partial charge is 1.00 e. The number of quaternary nitrogens is 1. The number of benzene rings is 4. The molecule has 0 aromatic heterocycles. The highest BCUT2D eigenvalue weighted by molar-refractivity contribution is 9.10. The minimum absolute atomic E-state index is 0. The van der Waals surface area contributed by atoms with Gasteiger partial charge in [-0.2, -0.15) is 0 Å². The lowest BCUT2D eigenvalue weighted by molar-refractivity contribution is -0.858. The Labute approximate surface area is 287 Å². The molecule has 4 aromatic rings. The van der Waals surface area contributed by atoms with E-state index in [1.807, 2.05) is 86.9 Å². The van der Waals surface area contributed by atoms with E-state index in [1.165, 1.54) is 4.90 Å². The van der Waals surface area contributed by atoms with Gasteiger partial charge in [-0.15, -0.1) is 0 Å². The van der Waals surface area contributed by atoms with E-state index >= 15 is 0 Å². The number of carbonyl (C=O) groups is 2. The molecular formula is C37H45Br2ClN2O2. The molecule has 7 heteroatoms. The van der Waals surface area contributed by atoms with Gasteiger partial charge in [0.05, 0.1) is 20.6 Å². The van der Waals surface area contributed by atoms with Gasteiger partial charge in [0, 0.05) is 39.3 Å². The van der Waals surface area contributed by atoms with Crippen molar-refractivity contribution in [3.05, 3.63) is 117 Å². The molecule has 0 unspecified atom stereocenters. The first-order valence-electron chi connectivity index (χ1n) is 14.3. The van der Waals surface area contributed by atoms with Gasteiger partial charge in [-0.1, -0.05) is 112 Å². The maximum Gasteiger partial charge on any atom is 0.163 e. The highest BCUT2D eigenvalue weighted by atomic mass is 79.9. The zero-order valence-corrected chi connectivity index (χ0v) is 29.3. The summed E-state index contributed by atoms with van der Waals surface area (Å²) in [5, 5.41) is 0. The minimum Gasteiger partial charge on any atom is -1.00 e. The Hall–Kier alpha value is -2.61. The van der Waals surface area contributed by atoms with Gasteiger partial charge in [-0.25, -0.2) is 0 Å². The summed E-state index contributed by atoms with van der Waals surface area (Å²) in [5.41, 5.74) is 6.20. The van der Waals surface area contributed by atoms with Crippen LogP contribution in [0.1, 0.15) is 53.8 Å². The van der Waals surface area contributed by atoms with Crippen molar-refractivity contribution >= 4 is 43.4 Å². The van der Waals surface area contributed by atoms with E-state index in [2.05, 4.69) is 75.1 Å². The Morgan fingerprint density at radius 3 is 1.23 bits per heavy atom. The number of Topliss-reactive ketones (excluding diaryl/α,β-unsaturated/α-hetero) is 2. The van der Waals surface area contributed by atoms with Crippen molar-refractivity contribution in [1.82, 2.24) is 4.90 Å². The fourth-order valence-corrected chi connectivity index (χ4v) is 4.96. The SMILES string of the molecule is C.CN(C)CCCC(=O)c1ccc(-c2ccc(Br)cc2)cc1.C[NH+](C)CCCC(=O)c1ccc(-c2ccc(Br)cc2)cc1.[Cl-]. The van der Waals surface area contributed by atoms with Crippen LogP contribution >= 0.6 is 31.9 Å². The van der Waals surface area contributed by atoms with Crippen LogP contribution in [0.25, 0.3) is 22.3 Å². The smallest absolute Gasteiger partial charge is 0.163 e. The van der Waals surface area contributed by atoms with Crippen LogP contribution in [0.3, 0.4) is 0 Å². The van der Waals surface area contributed by atoms with Crippen LogP contribution in [0.4, 0.5) is 0 Å². The molecule has 236 valence electrons. The van der Waals surface area contributed by atoms with Crippen LogP contribution in [0.5, 0.6) is 0 Å². The molecule has 0 bridgehead atoms. The minimum atomic E-state index is 0. The maximum atomic E-state index is 12.1. The summed E-state index contributed by atoms with van der Waals surface area (Å²) in [6, 6.07) is 32.2. The molecule has 0 atom stereocenters. The van der Waals surface area contributed by atoms with Crippen molar-refractivity contribution in [3.8, 4) is 22.3 Å². The predicted molar refractivity (Wildman–Crippen MR) is 189 cm³/mol. The van der Waals surface area contributed by atoms with E-state index in [0.717, 1.165) is 68.3 Å². The lowest BCUT2D eigenvalue weighted by atomic mass is 10.0. The molecule has 0 amide bonds. The third-order valence-corrected chi connectivity index (χ3v) is 7.92. The number of rotatable bonds is 12. The van der Waals surface area contributed by atoms with Crippen LogP contribution < -0.4 is 17.3 Å². The molecule has 0 saturated carbocycles. The quantitative estimate of drug-likeness (QED) is 0.195. The zero-order valence-electron chi connectivity index (χ0n) is 25.4. The molecule has 1 N–H and O–H groups in total. The molecule has 0 radical (unpaired) electrons. The summed E-state index contributed by atoms with van der Waals surface area (Å²) < 4.78 is 2.14. The van der Waals surface area contributed by atoms with E-state index in [4.69, 9.17) is 0 Å². The summed E-state index contributed by atoms with van der Waals surface area (Å²) >= 11 is 6.87. The number of carbonyl (C=O) groups excluding carboxylic acids is 2. The van der Waals surface area contributed by atoms with Crippen molar-refractivity contribution in [1.29, 1.82) is 0 Å². The monoisotopic (exact) mass is 742 g/mol. The molecule has 0 heterocycles. The average molecular weight is 745 g/mol. The number of nitrogens with zero attached hydrogens (tertiary/aromatic N) is 1. The van der Waals surface area contributed by atoms with Gasteiger partial charge in [-0.05, 0) is 73.6 Å². The van der Waals surface area contributed by atoms with Crippen molar-refractivity contribution in [2.45, 2.75) is 33.1 Å². The predicted octanol–water partition coefficient (Wildman–Crippen LogP) is 5.50. The fourth-order valence-electron chi connectivity index (χ4n) is 4.43. The summed E-state index contributed by atoms with van der Waals surface area (Å²) in [6.45, 7) is 1.98. The Bertz CT molecular complexity index is 1290. The average Bonchev–Trinajstić information content (AvgIpc) is 2.98. The number of hydrogen-bond acceptors (Lipinski definition) is 3. The van der Waals surface area contributed by atoms with Gasteiger partial charge in [0.25, 0.3) is 0 Å². The van der Waals surface area contributed by atoms with Crippen molar-refractivity contribution in [2.75, 3.05) is 41.3 Å². The molecular weight excluding hydrogens is 700 g/mol. The highest BCUT2D eigenvalue weighted by Crippen LogP contribution is 2.24. The van der Waals surface area contributed by atoms with Crippen LogP contribution in [0.2, 0.25) is 0 Å². The Morgan fingerprint density at radius 2 is 0.909 bits per heavy atom. The van der Waals surface area contributed by atoms with E-state index < -0.39 is 0 Å². The summed E-state index contributed by atoms with van der Waals surface area (Å²) in [6.07, 6.45) is 3.08. The molecule has 0 aliphatic rings. The number of nitrogens with one attached hydrogen (secondary N) is 1. The second-order valence-corrected chi connectivity index (χ2v) is 12.8. The summed E-state index contributed by atoms with van der Waals surface area (Å²) in [4.78, 5) is 27.7. The first kappa shape index (κ1) is 39.4. The maximum absolute atomic E-state index is 12.1.